The molecule has 21 heavy (non-hydrogen) atoms. The summed E-state index contributed by atoms with van der Waals surface area (Å²) < 4.78 is 0. The van der Waals surface area contributed by atoms with Crippen molar-refractivity contribution in [1.82, 2.24) is 9.80 Å². The Balaban J connectivity index is 2.82. The second kappa shape index (κ2) is 8.46. The smallest absolute Gasteiger partial charge is 0.323 e. The Morgan fingerprint density at radius 3 is 1.90 bits per heavy atom. The van der Waals surface area contributed by atoms with Crippen LogP contribution in [0, 0.1) is 0 Å². The summed E-state index contributed by atoms with van der Waals surface area (Å²) in [4.78, 5) is 36.2. The SMILES string of the molecule is O=C(O)CN(CC(=O)O)C(=O)N(CCO)C1CCCCC1. The Morgan fingerprint density at radius 2 is 1.48 bits per heavy atom. The molecule has 3 N–H and O–H groups in total. The Labute approximate surface area is 122 Å². The molecule has 120 valence electrons. The summed E-state index contributed by atoms with van der Waals surface area (Å²) >= 11 is 0. The zero-order chi connectivity index (χ0) is 15.8. The number of carbonyl (C=O) groups is 3. The number of carbonyl (C=O) groups excluding carboxylic acids is 1. The predicted molar refractivity (Wildman–Crippen MR) is 72.9 cm³/mol. The quantitative estimate of drug-likeness (QED) is 0.618. The molecule has 1 aliphatic carbocycles. The fourth-order valence-electron chi connectivity index (χ4n) is 2.63. The van der Waals surface area contributed by atoms with E-state index in [4.69, 9.17) is 15.3 Å². The molecular formula is C13H22N2O6. The summed E-state index contributed by atoms with van der Waals surface area (Å²) in [5, 5.41) is 26.7. The van der Waals surface area contributed by atoms with E-state index in [-0.39, 0.29) is 19.2 Å². The number of urea groups is 1. The van der Waals surface area contributed by atoms with Gasteiger partial charge in [-0.15, -0.1) is 0 Å². The summed E-state index contributed by atoms with van der Waals surface area (Å²) in [6.45, 7) is -1.49. The van der Waals surface area contributed by atoms with Gasteiger partial charge in [-0.3, -0.25) is 9.59 Å². The minimum atomic E-state index is -1.27. The van der Waals surface area contributed by atoms with Crippen molar-refractivity contribution in [2.75, 3.05) is 26.2 Å². The van der Waals surface area contributed by atoms with Crippen LogP contribution in [0.15, 0.2) is 0 Å². The normalized spacial score (nSPS) is 15.5. The van der Waals surface area contributed by atoms with Crippen molar-refractivity contribution in [1.29, 1.82) is 0 Å². The van der Waals surface area contributed by atoms with E-state index < -0.39 is 31.1 Å². The zero-order valence-electron chi connectivity index (χ0n) is 11.9. The van der Waals surface area contributed by atoms with Gasteiger partial charge in [0.1, 0.15) is 13.1 Å². The van der Waals surface area contributed by atoms with Crippen molar-refractivity contribution in [3.63, 3.8) is 0 Å². The van der Waals surface area contributed by atoms with Gasteiger partial charge in [0.25, 0.3) is 0 Å². The molecular weight excluding hydrogens is 280 g/mol. The summed E-state index contributed by atoms with van der Waals surface area (Å²) in [5.74, 6) is -2.53. The van der Waals surface area contributed by atoms with Crippen molar-refractivity contribution < 1.29 is 29.7 Å². The molecule has 0 bridgehead atoms. The molecule has 0 aromatic rings. The Hall–Kier alpha value is -1.83. The highest BCUT2D eigenvalue weighted by Crippen LogP contribution is 2.23. The number of aliphatic hydroxyl groups excluding tert-OH is 1. The maximum atomic E-state index is 12.4. The molecule has 1 aliphatic rings. The van der Waals surface area contributed by atoms with Crippen LogP contribution < -0.4 is 0 Å². The van der Waals surface area contributed by atoms with Crippen LogP contribution in [0.25, 0.3) is 0 Å². The lowest BCUT2D eigenvalue weighted by atomic mass is 9.94. The lowest BCUT2D eigenvalue weighted by Gasteiger charge is -2.36. The molecule has 0 aromatic heterocycles. The second-order valence-electron chi connectivity index (χ2n) is 5.13. The van der Waals surface area contributed by atoms with Gasteiger partial charge in [-0.2, -0.15) is 0 Å². The molecule has 0 spiro atoms. The van der Waals surface area contributed by atoms with Crippen molar-refractivity contribution in [3.8, 4) is 0 Å². The van der Waals surface area contributed by atoms with Gasteiger partial charge in [-0.05, 0) is 12.8 Å². The summed E-state index contributed by atoms with van der Waals surface area (Å²) in [6.07, 6.45) is 4.61. The van der Waals surface area contributed by atoms with Gasteiger partial charge >= 0.3 is 18.0 Å². The van der Waals surface area contributed by atoms with Gasteiger partial charge in [0.2, 0.25) is 0 Å². The van der Waals surface area contributed by atoms with Gasteiger partial charge in [-0.25, -0.2) is 4.79 Å². The van der Waals surface area contributed by atoms with E-state index in [1.165, 1.54) is 4.90 Å². The molecule has 0 aliphatic heterocycles. The first-order valence-electron chi connectivity index (χ1n) is 7.05. The first-order chi connectivity index (χ1) is 9.95. The summed E-state index contributed by atoms with van der Waals surface area (Å²) in [6, 6.07) is -0.704. The third kappa shape index (κ3) is 5.58. The number of hydrogen-bond acceptors (Lipinski definition) is 4. The van der Waals surface area contributed by atoms with Crippen LogP contribution in [-0.4, -0.2) is 75.4 Å². The first kappa shape index (κ1) is 17.2. The van der Waals surface area contributed by atoms with Crippen LogP contribution in [-0.2, 0) is 9.59 Å². The maximum Gasteiger partial charge on any atom is 0.323 e. The molecule has 0 aromatic carbocycles. The predicted octanol–water partition coefficient (Wildman–Crippen LogP) is 0.205. The van der Waals surface area contributed by atoms with Gasteiger partial charge in [0, 0.05) is 12.6 Å². The van der Waals surface area contributed by atoms with Gasteiger partial charge in [0.15, 0.2) is 0 Å². The third-order valence-corrected chi connectivity index (χ3v) is 3.52. The first-order valence-corrected chi connectivity index (χ1v) is 7.05. The van der Waals surface area contributed by atoms with Crippen molar-refractivity contribution in [2.45, 2.75) is 38.1 Å². The summed E-state index contributed by atoms with van der Waals surface area (Å²) in [7, 11) is 0. The van der Waals surface area contributed by atoms with Crippen LogP contribution in [0.4, 0.5) is 4.79 Å². The fraction of sp³-hybridized carbons (Fsp3) is 0.769. The van der Waals surface area contributed by atoms with Crippen molar-refractivity contribution >= 4 is 18.0 Å². The molecule has 0 atom stereocenters. The van der Waals surface area contributed by atoms with Gasteiger partial charge < -0.3 is 25.1 Å². The van der Waals surface area contributed by atoms with Gasteiger partial charge in [-0.1, -0.05) is 19.3 Å². The molecule has 1 fully saturated rings. The topological polar surface area (TPSA) is 118 Å². The molecule has 2 amide bonds. The number of hydrogen-bond donors (Lipinski definition) is 3. The summed E-state index contributed by atoms with van der Waals surface area (Å²) in [5.41, 5.74) is 0. The number of carboxylic acids is 2. The van der Waals surface area contributed by atoms with Crippen molar-refractivity contribution in [3.05, 3.63) is 0 Å². The molecule has 8 nitrogen and oxygen atoms in total. The largest absolute Gasteiger partial charge is 0.480 e. The minimum Gasteiger partial charge on any atom is -0.480 e. The molecule has 0 heterocycles. The van der Waals surface area contributed by atoms with E-state index in [0.29, 0.717) is 0 Å². The minimum absolute atomic E-state index is 0.0662. The van der Waals surface area contributed by atoms with Crippen LogP contribution in [0.5, 0.6) is 0 Å². The number of rotatable bonds is 7. The second-order valence-corrected chi connectivity index (χ2v) is 5.13. The number of aliphatic hydroxyl groups is 1. The lowest BCUT2D eigenvalue weighted by molar-refractivity contribution is -0.140. The van der Waals surface area contributed by atoms with E-state index in [0.717, 1.165) is 37.0 Å². The standard InChI is InChI=1S/C13H22N2O6/c16-7-6-15(10-4-2-1-3-5-10)13(21)14(8-11(17)18)9-12(19)20/h10,16H,1-9H2,(H,17,18)(H,19,20). The number of nitrogens with zero attached hydrogens (tertiary/aromatic N) is 2. The Bertz CT molecular complexity index is 365. The zero-order valence-corrected chi connectivity index (χ0v) is 11.9. The van der Waals surface area contributed by atoms with E-state index in [2.05, 4.69) is 0 Å². The van der Waals surface area contributed by atoms with E-state index in [1.807, 2.05) is 0 Å². The average Bonchev–Trinajstić information content (AvgIpc) is 2.43. The number of aliphatic carboxylic acids is 2. The average molecular weight is 302 g/mol. The maximum absolute atomic E-state index is 12.4. The van der Waals surface area contributed by atoms with Crippen LogP contribution in [0.1, 0.15) is 32.1 Å². The highest BCUT2D eigenvalue weighted by atomic mass is 16.4. The molecule has 0 saturated heterocycles. The Kier molecular flexibility index (Phi) is 6.93. The third-order valence-electron chi connectivity index (χ3n) is 3.52. The Morgan fingerprint density at radius 1 is 0.952 bits per heavy atom. The molecule has 0 unspecified atom stereocenters. The monoisotopic (exact) mass is 302 g/mol. The van der Waals surface area contributed by atoms with E-state index in [9.17, 15) is 14.4 Å². The number of carboxylic acid groups (broad SMARTS) is 2. The van der Waals surface area contributed by atoms with E-state index in [1.54, 1.807) is 0 Å². The van der Waals surface area contributed by atoms with Gasteiger partial charge in [0.05, 0.1) is 6.61 Å². The fourth-order valence-corrected chi connectivity index (χ4v) is 2.63. The van der Waals surface area contributed by atoms with Crippen LogP contribution >= 0.6 is 0 Å². The highest BCUT2D eigenvalue weighted by Gasteiger charge is 2.30. The number of amides is 2. The van der Waals surface area contributed by atoms with Crippen LogP contribution in [0.2, 0.25) is 0 Å². The van der Waals surface area contributed by atoms with E-state index >= 15 is 0 Å². The highest BCUT2D eigenvalue weighted by molar-refractivity contribution is 5.84. The van der Waals surface area contributed by atoms with Crippen molar-refractivity contribution in [2.24, 2.45) is 0 Å². The molecule has 0 radical (unpaired) electrons. The molecule has 8 heteroatoms. The molecule has 1 rings (SSSR count). The lowest BCUT2D eigenvalue weighted by Crippen LogP contribution is -2.52. The van der Waals surface area contributed by atoms with Crippen LogP contribution in [0.3, 0.4) is 0 Å². The molecule has 1 saturated carbocycles.